The number of likely N-dealkylation sites (N-methyl/N-ethyl adjacent to an activating group) is 1. The summed E-state index contributed by atoms with van der Waals surface area (Å²) in [5.74, 6) is -2.02. The highest BCUT2D eigenvalue weighted by atomic mass is 16.7. The minimum atomic E-state index is -1.51. The molecular weight excluding hydrogens is 743 g/mol. The van der Waals surface area contributed by atoms with E-state index >= 15 is 0 Å². The molecule has 0 aromatic rings. The van der Waals surface area contributed by atoms with Crippen LogP contribution in [0.2, 0.25) is 0 Å². The molecule has 0 aromatic carbocycles. The molecule has 0 aliphatic rings. The molecule has 0 saturated carbocycles. The maximum absolute atomic E-state index is 12.8. The Bertz CT molecular complexity index is 1070. The summed E-state index contributed by atoms with van der Waals surface area (Å²) in [6.07, 6.45) is 44.8. The molecule has 1 N–H and O–H groups in total. The van der Waals surface area contributed by atoms with Crippen LogP contribution in [-0.4, -0.2) is 87.4 Å². The van der Waals surface area contributed by atoms with Crippen LogP contribution in [0, 0.1) is 0 Å². The summed E-state index contributed by atoms with van der Waals surface area (Å²) in [5, 5.41) is 9.65. The Labute approximate surface area is 362 Å². The number of nitrogens with zero attached hydrogens (tertiary/aromatic N) is 1. The zero-order valence-electron chi connectivity index (χ0n) is 38.9. The van der Waals surface area contributed by atoms with Crippen LogP contribution in [0.15, 0.2) is 36.5 Å². The minimum Gasteiger partial charge on any atom is -0.477 e. The number of carboxylic acid groups (broad SMARTS) is 1. The summed E-state index contributed by atoms with van der Waals surface area (Å²) in [4.78, 5) is 37.2. The maximum Gasteiger partial charge on any atom is 0.361 e. The molecule has 0 aromatic heterocycles. The van der Waals surface area contributed by atoms with E-state index in [2.05, 4.69) is 50.3 Å². The van der Waals surface area contributed by atoms with E-state index in [0.29, 0.717) is 23.9 Å². The number of ether oxygens (including phenoxy) is 4. The van der Waals surface area contributed by atoms with Crippen molar-refractivity contribution in [1.82, 2.24) is 0 Å². The van der Waals surface area contributed by atoms with Crippen molar-refractivity contribution in [2.24, 2.45) is 0 Å². The van der Waals surface area contributed by atoms with Gasteiger partial charge in [0, 0.05) is 12.8 Å². The molecule has 0 aliphatic carbocycles. The van der Waals surface area contributed by atoms with Crippen molar-refractivity contribution in [2.45, 2.75) is 219 Å². The number of unbranched alkanes of at least 4 members (excludes halogenated alkanes) is 23. The highest BCUT2D eigenvalue weighted by molar-refractivity contribution is 5.71. The molecule has 2 atom stereocenters. The van der Waals surface area contributed by atoms with Crippen LogP contribution in [0.1, 0.15) is 206 Å². The van der Waals surface area contributed by atoms with E-state index in [1.807, 2.05) is 21.1 Å². The van der Waals surface area contributed by atoms with E-state index in [-0.39, 0.29) is 32.2 Å². The van der Waals surface area contributed by atoms with Crippen LogP contribution in [0.25, 0.3) is 0 Å². The smallest absolute Gasteiger partial charge is 0.361 e. The van der Waals surface area contributed by atoms with Gasteiger partial charge in [-0.15, -0.1) is 0 Å². The Kier molecular flexibility index (Phi) is 40.4. The van der Waals surface area contributed by atoms with Gasteiger partial charge in [-0.2, -0.15) is 0 Å². The van der Waals surface area contributed by atoms with Gasteiger partial charge in [0.05, 0.1) is 34.4 Å². The third-order valence-electron chi connectivity index (χ3n) is 10.4. The molecule has 0 amide bonds. The van der Waals surface area contributed by atoms with E-state index < -0.39 is 24.3 Å². The second kappa shape index (κ2) is 42.2. The largest absolute Gasteiger partial charge is 0.477 e. The fraction of sp³-hybridized carbons (Fsp3) is 0.820. The zero-order chi connectivity index (χ0) is 43.5. The number of carbonyl (C=O) groups excluding carboxylic acids is 2. The molecule has 0 heterocycles. The van der Waals surface area contributed by atoms with Crippen LogP contribution in [0.3, 0.4) is 0 Å². The SMILES string of the molecule is CCCCC/C=C\C/C=C\CCCCCCCCCCCC(=O)OC(COC(=O)CCCCCCC/C=C\CCCCCCCC)COC(OCC[N+](C)(C)C)C(=O)O. The quantitative estimate of drug-likeness (QED) is 0.0213. The van der Waals surface area contributed by atoms with Gasteiger partial charge >= 0.3 is 17.9 Å². The number of aliphatic carboxylic acids is 1. The molecule has 0 fully saturated rings. The van der Waals surface area contributed by atoms with Gasteiger partial charge in [-0.1, -0.05) is 159 Å². The van der Waals surface area contributed by atoms with Crippen LogP contribution in [0.4, 0.5) is 0 Å². The van der Waals surface area contributed by atoms with Crippen molar-refractivity contribution in [3.05, 3.63) is 36.5 Å². The molecule has 0 bridgehead atoms. The van der Waals surface area contributed by atoms with Crippen molar-refractivity contribution >= 4 is 17.9 Å². The first-order chi connectivity index (χ1) is 28.6. The van der Waals surface area contributed by atoms with Crippen molar-refractivity contribution < 1.29 is 42.9 Å². The fourth-order valence-electron chi connectivity index (χ4n) is 6.57. The summed E-state index contributed by atoms with van der Waals surface area (Å²) < 4.78 is 22.8. The van der Waals surface area contributed by atoms with Crippen molar-refractivity contribution in [3.63, 3.8) is 0 Å². The van der Waals surface area contributed by atoms with Gasteiger partial charge in [0.15, 0.2) is 6.10 Å². The summed E-state index contributed by atoms with van der Waals surface area (Å²) in [7, 11) is 5.95. The van der Waals surface area contributed by atoms with Gasteiger partial charge in [-0.05, 0) is 70.6 Å². The van der Waals surface area contributed by atoms with E-state index in [0.717, 1.165) is 70.6 Å². The molecule has 0 radical (unpaired) electrons. The molecule has 0 rings (SSSR count). The van der Waals surface area contributed by atoms with E-state index in [9.17, 15) is 19.5 Å². The van der Waals surface area contributed by atoms with Gasteiger partial charge in [0.1, 0.15) is 13.2 Å². The molecule has 2 unspecified atom stereocenters. The number of hydrogen-bond donors (Lipinski definition) is 1. The number of rotatable bonds is 44. The number of hydrogen-bond acceptors (Lipinski definition) is 7. The van der Waals surface area contributed by atoms with Crippen molar-refractivity contribution in [1.29, 1.82) is 0 Å². The van der Waals surface area contributed by atoms with Crippen molar-refractivity contribution in [2.75, 3.05) is 47.5 Å². The number of carboxylic acids is 1. The van der Waals surface area contributed by atoms with Crippen LogP contribution >= 0.6 is 0 Å². The van der Waals surface area contributed by atoms with Gasteiger partial charge in [-0.25, -0.2) is 4.79 Å². The molecule has 0 spiro atoms. The maximum atomic E-state index is 12.8. The van der Waals surface area contributed by atoms with E-state index in [1.54, 1.807) is 0 Å². The lowest BCUT2D eigenvalue weighted by molar-refractivity contribution is -0.870. The Morgan fingerprint density at radius 3 is 1.39 bits per heavy atom. The second-order valence-electron chi connectivity index (χ2n) is 17.4. The summed E-state index contributed by atoms with van der Waals surface area (Å²) in [5.41, 5.74) is 0. The van der Waals surface area contributed by atoms with Gasteiger partial charge in [0.2, 0.25) is 0 Å². The first-order valence-electron chi connectivity index (χ1n) is 24.2. The van der Waals surface area contributed by atoms with Gasteiger partial charge in [0.25, 0.3) is 6.29 Å². The Hall–Kier alpha value is -2.49. The third kappa shape index (κ3) is 43.4. The first kappa shape index (κ1) is 56.5. The molecule has 0 saturated heterocycles. The Morgan fingerprint density at radius 1 is 0.508 bits per heavy atom. The normalized spacial score (nSPS) is 13.2. The summed E-state index contributed by atoms with van der Waals surface area (Å²) in [6.45, 7) is 4.83. The third-order valence-corrected chi connectivity index (χ3v) is 10.4. The Balaban J connectivity index is 4.40. The average Bonchev–Trinajstić information content (AvgIpc) is 3.19. The summed E-state index contributed by atoms with van der Waals surface area (Å²) >= 11 is 0. The fourth-order valence-corrected chi connectivity index (χ4v) is 6.57. The molecule has 0 aliphatic heterocycles. The predicted molar refractivity (Wildman–Crippen MR) is 244 cm³/mol. The standard InChI is InChI=1S/C50H91NO8/c1-6-8-10-12-14-16-18-20-22-23-24-25-27-29-31-33-35-37-39-41-48(53)59-46(45-58-50(49(54)55)56-43-42-51(3,4)5)44-57-47(52)40-38-36-34-32-30-28-26-21-19-17-15-13-11-9-7-2/h14,16,20-22,26,46,50H,6-13,15,17-19,23-25,27-45H2,1-5H3/p+1/b16-14-,22-20-,26-21-. The van der Waals surface area contributed by atoms with Crippen LogP contribution < -0.4 is 0 Å². The molecular formula is C50H92NO8+. The molecule has 9 heteroatoms. The predicted octanol–water partition coefficient (Wildman–Crippen LogP) is 13.0. The second-order valence-corrected chi connectivity index (χ2v) is 17.4. The number of quaternary nitrogens is 1. The number of carbonyl (C=O) groups is 3. The van der Waals surface area contributed by atoms with E-state index in [4.69, 9.17) is 18.9 Å². The lowest BCUT2D eigenvalue weighted by Crippen LogP contribution is -2.40. The highest BCUT2D eigenvalue weighted by Gasteiger charge is 2.25. The van der Waals surface area contributed by atoms with Crippen molar-refractivity contribution in [3.8, 4) is 0 Å². The van der Waals surface area contributed by atoms with Crippen LogP contribution in [0.5, 0.6) is 0 Å². The zero-order valence-corrected chi connectivity index (χ0v) is 38.9. The topological polar surface area (TPSA) is 108 Å². The molecule has 59 heavy (non-hydrogen) atoms. The lowest BCUT2D eigenvalue weighted by Gasteiger charge is -2.25. The molecule has 9 nitrogen and oxygen atoms in total. The van der Waals surface area contributed by atoms with Gasteiger partial charge in [-0.3, -0.25) is 9.59 Å². The molecule has 344 valence electrons. The minimum absolute atomic E-state index is 0.186. The summed E-state index contributed by atoms with van der Waals surface area (Å²) in [6, 6.07) is 0. The van der Waals surface area contributed by atoms with Crippen LogP contribution in [-0.2, 0) is 33.3 Å². The monoisotopic (exact) mass is 835 g/mol. The number of esters is 2. The first-order valence-corrected chi connectivity index (χ1v) is 24.2. The number of allylic oxidation sites excluding steroid dienone is 6. The lowest BCUT2D eigenvalue weighted by atomic mass is 10.1. The highest BCUT2D eigenvalue weighted by Crippen LogP contribution is 2.14. The average molecular weight is 835 g/mol. The van der Waals surface area contributed by atoms with E-state index in [1.165, 1.54) is 103 Å². The van der Waals surface area contributed by atoms with Gasteiger partial charge < -0.3 is 28.5 Å². The Morgan fingerprint density at radius 2 is 0.915 bits per heavy atom.